The lowest BCUT2D eigenvalue weighted by molar-refractivity contribution is 0.110. The monoisotopic (exact) mass is 310 g/mol. The van der Waals surface area contributed by atoms with E-state index in [-0.39, 0.29) is 0 Å². The minimum absolute atomic E-state index is 0.821. The van der Waals surface area contributed by atoms with Gasteiger partial charge in [0.15, 0.2) is 0 Å². The highest BCUT2D eigenvalue weighted by Crippen LogP contribution is 2.28. The van der Waals surface area contributed by atoms with E-state index in [0.29, 0.717) is 0 Å². The summed E-state index contributed by atoms with van der Waals surface area (Å²) in [5.41, 5.74) is 5.71. The van der Waals surface area contributed by atoms with Gasteiger partial charge in [-0.25, -0.2) is 0 Å². The van der Waals surface area contributed by atoms with Crippen molar-refractivity contribution in [2.45, 2.75) is 38.9 Å². The maximum Gasteiger partial charge on any atom is 0.101 e. The van der Waals surface area contributed by atoms with E-state index in [0.717, 1.165) is 24.9 Å². The molecule has 0 bridgehead atoms. The number of likely N-dealkylation sites (tertiary alicyclic amines) is 1. The second kappa shape index (κ2) is 7.57. The Morgan fingerprint density at radius 1 is 1.30 bits per heavy atom. The lowest BCUT2D eigenvalue weighted by atomic mass is 9.88. The molecule has 1 saturated heterocycles. The molecule has 1 aromatic carbocycles. The molecular weight excluding hydrogens is 279 g/mol. The molecule has 0 spiro atoms. The van der Waals surface area contributed by atoms with Crippen LogP contribution in [-0.4, -0.2) is 38.9 Å². The van der Waals surface area contributed by atoms with E-state index in [2.05, 4.69) is 49.8 Å². The summed E-state index contributed by atoms with van der Waals surface area (Å²) in [5.74, 6) is 1.75. The number of benzene rings is 1. The first-order valence-corrected chi connectivity index (χ1v) is 9.36. The Morgan fingerprint density at radius 2 is 2.09 bits per heavy atom. The smallest absolute Gasteiger partial charge is 0.101 e. The summed E-state index contributed by atoms with van der Waals surface area (Å²) in [6.45, 7) is 11.1. The molecule has 0 atom stereocenters. The summed E-state index contributed by atoms with van der Waals surface area (Å²) in [4.78, 5) is 2.52. The molecule has 124 valence electrons. The van der Waals surface area contributed by atoms with Gasteiger partial charge in [-0.3, -0.25) is 4.90 Å². The molecule has 23 heavy (non-hydrogen) atoms. The fourth-order valence-corrected chi connectivity index (χ4v) is 3.61. The topological polar surface area (TPSA) is 15.3 Å². The molecule has 2 aliphatic rings. The van der Waals surface area contributed by atoms with Crippen LogP contribution in [0, 0.1) is 18.8 Å². The first-order chi connectivity index (χ1) is 11.1. The molecule has 2 fully saturated rings. The lowest BCUT2D eigenvalue weighted by Crippen LogP contribution is -2.49. The Kier molecular flexibility index (Phi) is 5.48. The molecule has 1 aliphatic heterocycles. The third-order valence-electron chi connectivity index (χ3n) is 5.24. The molecule has 3 rings (SSSR count). The third kappa shape index (κ3) is 4.88. The average molecular weight is 310 g/mol. The van der Waals surface area contributed by atoms with Gasteiger partial charge in [-0.2, -0.15) is 0 Å². The quantitative estimate of drug-likeness (QED) is 0.705. The van der Waals surface area contributed by atoms with Gasteiger partial charge in [0.05, 0.1) is 0 Å². The molecule has 3 heteroatoms. The highest BCUT2D eigenvalue weighted by Gasteiger charge is 2.27. The van der Waals surface area contributed by atoms with Crippen LogP contribution in [0.2, 0.25) is 6.32 Å². The maximum absolute atomic E-state index is 4.17. The van der Waals surface area contributed by atoms with Crippen LogP contribution in [0.25, 0.3) is 0 Å². The van der Waals surface area contributed by atoms with Crippen molar-refractivity contribution in [2.24, 2.45) is 11.8 Å². The van der Waals surface area contributed by atoms with Gasteiger partial charge in [-0.15, -0.1) is 0 Å². The molecule has 1 N–H and O–H groups in total. The predicted molar refractivity (Wildman–Crippen MR) is 102 cm³/mol. The minimum Gasteiger partial charge on any atom is -0.387 e. The van der Waals surface area contributed by atoms with Gasteiger partial charge in [0.25, 0.3) is 0 Å². The predicted octanol–water partition coefficient (Wildman–Crippen LogP) is 2.58. The Balaban J connectivity index is 1.38. The van der Waals surface area contributed by atoms with Crippen LogP contribution in [0.3, 0.4) is 0 Å². The molecule has 0 radical (unpaired) electrons. The first-order valence-electron chi connectivity index (χ1n) is 9.36. The van der Waals surface area contributed by atoms with Gasteiger partial charge >= 0.3 is 0 Å². The van der Waals surface area contributed by atoms with Crippen LogP contribution >= 0.6 is 0 Å². The number of rotatable bonds is 9. The molecule has 1 aliphatic carbocycles. The highest BCUT2D eigenvalue weighted by molar-refractivity contribution is 6.08. The van der Waals surface area contributed by atoms with Crippen molar-refractivity contribution in [3.05, 3.63) is 47.2 Å². The zero-order valence-corrected chi connectivity index (χ0v) is 14.9. The summed E-state index contributed by atoms with van der Waals surface area (Å²) >= 11 is 0. The molecule has 1 heterocycles. The van der Waals surface area contributed by atoms with Gasteiger partial charge in [0.1, 0.15) is 7.85 Å². The highest BCUT2D eigenvalue weighted by atomic mass is 15.2. The van der Waals surface area contributed by atoms with Crippen molar-refractivity contribution < 1.29 is 0 Å². The fourth-order valence-electron chi connectivity index (χ4n) is 3.61. The number of aryl methyl sites for hydroxylation is 2. The van der Waals surface area contributed by atoms with Crippen molar-refractivity contribution in [3.8, 4) is 0 Å². The van der Waals surface area contributed by atoms with E-state index in [1.165, 1.54) is 61.9 Å². The Morgan fingerprint density at radius 3 is 2.74 bits per heavy atom. The van der Waals surface area contributed by atoms with Crippen LogP contribution in [0.5, 0.6) is 0 Å². The average Bonchev–Trinajstić information content (AvgIpc) is 3.29. The van der Waals surface area contributed by atoms with Crippen molar-refractivity contribution in [1.82, 2.24) is 10.2 Å². The second-order valence-corrected chi connectivity index (χ2v) is 7.70. The SMILES string of the molecule is BCCc1ccc(CC2CN(CC(=C)NCC3CC3)C2)c(C)c1. The van der Waals surface area contributed by atoms with Gasteiger partial charge in [0, 0.05) is 31.9 Å². The van der Waals surface area contributed by atoms with Crippen molar-refractivity contribution in [1.29, 1.82) is 0 Å². The van der Waals surface area contributed by atoms with Crippen molar-refractivity contribution in [3.63, 3.8) is 0 Å². The van der Waals surface area contributed by atoms with E-state index >= 15 is 0 Å². The lowest BCUT2D eigenvalue weighted by Gasteiger charge is -2.40. The first kappa shape index (κ1) is 16.6. The van der Waals surface area contributed by atoms with E-state index in [1.807, 2.05) is 0 Å². The Hall–Kier alpha value is -1.22. The van der Waals surface area contributed by atoms with E-state index in [4.69, 9.17) is 0 Å². The zero-order chi connectivity index (χ0) is 16.2. The number of nitrogens with zero attached hydrogens (tertiary/aromatic N) is 1. The molecule has 0 unspecified atom stereocenters. The molecule has 1 aromatic rings. The van der Waals surface area contributed by atoms with Gasteiger partial charge < -0.3 is 5.32 Å². The molecule has 0 aromatic heterocycles. The summed E-state index contributed by atoms with van der Waals surface area (Å²) in [5, 5.41) is 3.50. The Labute approximate surface area is 142 Å². The van der Waals surface area contributed by atoms with Gasteiger partial charge in [-0.1, -0.05) is 31.1 Å². The molecular formula is C20H31BN2. The zero-order valence-electron chi connectivity index (χ0n) is 14.9. The largest absolute Gasteiger partial charge is 0.387 e. The van der Waals surface area contributed by atoms with Crippen molar-refractivity contribution in [2.75, 3.05) is 26.2 Å². The fraction of sp³-hybridized carbons (Fsp3) is 0.600. The van der Waals surface area contributed by atoms with E-state index in [1.54, 1.807) is 5.56 Å². The summed E-state index contributed by atoms with van der Waals surface area (Å²) in [6, 6.07) is 7.07. The van der Waals surface area contributed by atoms with E-state index < -0.39 is 0 Å². The van der Waals surface area contributed by atoms with Gasteiger partial charge in [-0.05, 0) is 61.1 Å². The minimum atomic E-state index is 0.821. The second-order valence-electron chi connectivity index (χ2n) is 7.70. The van der Waals surface area contributed by atoms with Crippen molar-refractivity contribution >= 4 is 7.85 Å². The van der Waals surface area contributed by atoms with Crippen LogP contribution in [0.15, 0.2) is 30.5 Å². The molecule has 0 amide bonds. The van der Waals surface area contributed by atoms with Gasteiger partial charge in [0.2, 0.25) is 0 Å². The van der Waals surface area contributed by atoms with E-state index in [9.17, 15) is 0 Å². The standard InChI is InChI=1S/C20H31BN2/c1-15-9-17(7-8-21)5-6-20(15)10-19-13-23(14-19)12-16(2)22-11-18-3-4-18/h5-6,9,18-19,22H,2-4,7-8,10-14,21H2,1H3. The van der Waals surface area contributed by atoms with Crippen LogP contribution in [0.1, 0.15) is 29.5 Å². The van der Waals surface area contributed by atoms with Crippen LogP contribution < -0.4 is 5.32 Å². The molecule has 2 nitrogen and oxygen atoms in total. The summed E-state index contributed by atoms with van der Waals surface area (Å²) in [6.07, 6.45) is 6.48. The molecule has 1 saturated carbocycles. The third-order valence-corrected chi connectivity index (χ3v) is 5.24. The number of hydrogen-bond acceptors (Lipinski definition) is 2. The number of hydrogen-bond donors (Lipinski definition) is 1. The maximum atomic E-state index is 4.17. The van der Waals surface area contributed by atoms with Crippen LogP contribution in [-0.2, 0) is 12.8 Å². The Bertz CT molecular complexity index is 545. The summed E-state index contributed by atoms with van der Waals surface area (Å²) < 4.78 is 0. The normalized spacial score (nSPS) is 18.7. The van der Waals surface area contributed by atoms with Crippen LogP contribution in [0.4, 0.5) is 0 Å². The number of nitrogens with one attached hydrogen (secondary N) is 1. The summed E-state index contributed by atoms with van der Waals surface area (Å²) in [7, 11) is 2.25.